The number of methoxy groups -OCH3 is 1. The van der Waals surface area contributed by atoms with E-state index >= 15 is 0 Å². The summed E-state index contributed by atoms with van der Waals surface area (Å²) in [7, 11) is 1.49. The molecular weight excluding hydrogens is 271 g/mol. The van der Waals surface area contributed by atoms with Crippen molar-refractivity contribution >= 4 is 11.6 Å². The first kappa shape index (κ1) is 13.5. The van der Waals surface area contributed by atoms with E-state index in [1.807, 2.05) is 6.07 Å². The van der Waals surface area contributed by atoms with Crippen LogP contribution < -0.4 is 0 Å². The van der Waals surface area contributed by atoms with Crippen LogP contribution in [0.5, 0.6) is 0 Å². The van der Waals surface area contributed by atoms with Crippen molar-refractivity contribution in [3.8, 4) is 6.07 Å². The van der Waals surface area contributed by atoms with Crippen molar-refractivity contribution < 1.29 is 9.13 Å². The van der Waals surface area contributed by atoms with E-state index in [0.717, 1.165) is 0 Å². The summed E-state index contributed by atoms with van der Waals surface area (Å²) in [6.45, 7) is 0.265. The zero-order valence-electron chi connectivity index (χ0n) is 10.1. The van der Waals surface area contributed by atoms with Crippen LogP contribution in [0.2, 0.25) is 5.02 Å². The number of nitrogens with zero attached hydrogens (tertiary/aromatic N) is 4. The molecule has 0 saturated heterocycles. The second-order valence-corrected chi connectivity index (χ2v) is 4.19. The van der Waals surface area contributed by atoms with Gasteiger partial charge in [0.2, 0.25) is 0 Å². The fourth-order valence-corrected chi connectivity index (χ4v) is 1.88. The van der Waals surface area contributed by atoms with Crippen LogP contribution in [-0.4, -0.2) is 22.1 Å². The Balaban J connectivity index is 2.39. The Morgan fingerprint density at radius 2 is 2.32 bits per heavy atom. The molecule has 0 spiro atoms. The van der Waals surface area contributed by atoms with Gasteiger partial charge in [0.15, 0.2) is 5.69 Å². The molecule has 0 aliphatic rings. The van der Waals surface area contributed by atoms with Gasteiger partial charge in [-0.3, -0.25) is 0 Å². The van der Waals surface area contributed by atoms with Gasteiger partial charge in [-0.2, -0.15) is 5.26 Å². The van der Waals surface area contributed by atoms with Gasteiger partial charge in [0.1, 0.15) is 17.6 Å². The van der Waals surface area contributed by atoms with Crippen molar-refractivity contribution in [3.63, 3.8) is 0 Å². The standard InChI is InChI=1S/C12H10ClFN4O/c1-19-7-12-11(5-15)16-17-18(12)6-8-9(13)3-2-4-10(8)14/h2-4H,6-7H2,1H3. The minimum Gasteiger partial charge on any atom is -0.378 e. The number of ether oxygens (including phenoxy) is 1. The zero-order chi connectivity index (χ0) is 13.8. The number of aromatic nitrogens is 3. The van der Waals surface area contributed by atoms with Crippen LogP contribution in [0.3, 0.4) is 0 Å². The molecule has 0 radical (unpaired) electrons. The predicted molar refractivity (Wildman–Crippen MR) is 66.0 cm³/mol. The molecule has 0 bridgehead atoms. The number of hydrogen-bond donors (Lipinski definition) is 0. The molecule has 19 heavy (non-hydrogen) atoms. The number of halogens is 2. The summed E-state index contributed by atoms with van der Waals surface area (Å²) in [5, 5.41) is 16.8. The van der Waals surface area contributed by atoms with E-state index < -0.39 is 5.82 Å². The van der Waals surface area contributed by atoms with E-state index in [1.165, 1.54) is 23.9 Å². The van der Waals surface area contributed by atoms with Crippen LogP contribution in [-0.2, 0) is 17.9 Å². The first-order valence-electron chi connectivity index (χ1n) is 5.41. The van der Waals surface area contributed by atoms with Crippen LogP contribution in [0.15, 0.2) is 18.2 Å². The van der Waals surface area contributed by atoms with Crippen molar-refractivity contribution in [2.75, 3.05) is 7.11 Å². The highest BCUT2D eigenvalue weighted by molar-refractivity contribution is 6.31. The van der Waals surface area contributed by atoms with Crippen LogP contribution in [0.25, 0.3) is 0 Å². The molecule has 1 heterocycles. The topological polar surface area (TPSA) is 63.7 Å². The van der Waals surface area contributed by atoms with E-state index in [9.17, 15) is 4.39 Å². The van der Waals surface area contributed by atoms with Gasteiger partial charge in [0, 0.05) is 17.7 Å². The summed E-state index contributed by atoms with van der Waals surface area (Å²) >= 11 is 5.95. The molecule has 98 valence electrons. The normalized spacial score (nSPS) is 10.4. The van der Waals surface area contributed by atoms with Crippen LogP contribution in [0.1, 0.15) is 17.0 Å². The van der Waals surface area contributed by atoms with Gasteiger partial charge in [-0.25, -0.2) is 9.07 Å². The zero-order valence-corrected chi connectivity index (χ0v) is 10.9. The smallest absolute Gasteiger partial charge is 0.188 e. The quantitative estimate of drug-likeness (QED) is 0.861. The first-order chi connectivity index (χ1) is 9.17. The Labute approximate surface area is 114 Å². The Bertz CT molecular complexity index is 615. The first-order valence-corrected chi connectivity index (χ1v) is 5.79. The summed E-state index contributed by atoms with van der Waals surface area (Å²) in [5.41, 5.74) is 0.953. The second-order valence-electron chi connectivity index (χ2n) is 3.79. The van der Waals surface area contributed by atoms with E-state index in [-0.39, 0.29) is 18.8 Å². The van der Waals surface area contributed by atoms with Crippen LogP contribution >= 0.6 is 11.6 Å². The molecule has 0 unspecified atom stereocenters. The maximum Gasteiger partial charge on any atom is 0.188 e. The van der Waals surface area contributed by atoms with Crippen molar-refractivity contribution in [1.29, 1.82) is 5.26 Å². The Morgan fingerprint density at radius 3 is 2.95 bits per heavy atom. The van der Waals surface area contributed by atoms with Crippen molar-refractivity contribution in [3.05, 3.63) is 46.0 Å². The Morgan fingerprint density at radius 1 is 1.53 bits per heavy atom. The van der Waals surface area contributed by atoms with E-state index in [0.29, 0.717) is 16.3 Å². The molecule has 2 aromatic rings. The molecule has 2 rings (SSSR count). The number of nitriles is 1. The highest BCUT2D eigenvalue weighted by atomic mass is 35.5. The minimum absolute atomic E-state index is 0.0961. The molecule has 0 saturated carbocycles. The summed E-state index contributed by atoms with van der Waals surface area (Å²) in [6, 6.07) is 6.36. The third kappa shape index (κ3) is 2.72. The summed E-state index contributed by atoms with van der Waals surface area (Å²) in [4.78, 5) is 0. The molecule has 5 nitrogen and oxygen atoms in total. The SMILES string of the molecule is COCc1c(C#N)nnn1Cc1c(F)cccc1Cl. The van der Waals surface area contributed by atoms with Crippen LogP contribution in [0, 0.1) is 17.1 Å². The van der Waals surface area contributed by atoms with Crippen molar-refractivity contribution in [2.24, 2.45) is 0 Å². The minimum atomic E-state index is -0.426. The van der Waals surface area contributed by atoms with E-state index in [4.69, 9.17) is 21.6 Å². The van der Waals surface area contributed by atoms with Gasteiger partial charge in [0.25, 0.3) is 0 Å². The average Bonchev–Trinajstić information content (AvgIpc) is 2.77. The number of hydrogen-bond acceptors (Lipinski definition) is 4. The van der Waals surface area contributed by atoms with Gasteiger partial charge in [0.05, 0.1) is 13.2 Å². The largest absolute Gasteiger partial charge is 0.378 e. The fourth-order valence-electron chi connectivity index (χ4n) is 1.66. The fraction of sp³-hybridized carbons (Fsp3) is 0.250. The molecule has 7 heteroatoms. The highest BCUT2D eigenvalue weighted by Gasteiger charge is 2.15. The van der Waals surface area contributed by atoms with Crippen LogP contribution in [0.4, 0.5) is 4.39 Å². The summed E-state index contributed by atoms with van der Waals surface area (Å²) < 4.78 is 20.1. The molecule has 1 aromatic heterocycles. The monoisotopic (exact) mass is 280 g/mol. The van der Waals surface area contributed by atoms with Gasteiger partial charge in [-0.05, 0) is 12.1 Å². The second kappa shape index (κ2) is 5.78. The lowest BCUT2D eigenvalue weighted by Crippen LogP contribution is -2.09. The molecular formula is C12H10ClFN4O. The predicted octanol–water partition coefficient (Wildman–Crippen LogP) is 2.14. The van der Waals surface area contributed by atoms with Gasteiger partial charge in [-0.15, -0.1) is 5.10 Å². The maximum absolute atomic E-state index is 13.7. The number of benzene rings is 1. The lowest BCUT2D eigenvalue weighted by atomic mass is 10.2. The van der Waals surface area contributed by atoms with E-state index in [1.54, 1.807) is 6.07 Å². The summed E-state index contributed by atoms with van der Waals surface area (Å²) in [5.74, 6) is -0.426. The Hall–Kier alpha value is -1.97. The highest BCUT2D eigenvalue weighted by Crippen LogP contribution is 2.20. The molecule has 0 N–H and O–H groups in total. The Kier molecular flexibility index (Phi) is 4.10. The van der Waals surface area contributed by atoms with Crippen molar-refractivity contribution in [2.45, 2.75) is 13.2 Å². The van der Waals surface area contributed by atoms with Gasteiger partial charge in [-0.1, -0.05) is 22.9 Å². The lowest BCUT2D eigenvalue weighted by Gasteiger charge is -2.08. The number of rotatable bonds is 4. The maximum atomic E-state index is 13.7. The summed E-state index contributed by atoms with van der Waals surface area (Å²) in [6.07, 6.45) is 0. The third-order valence-electron chi connectivity index (χ3n) is 2.59. The molecule has 0 aliphatic carbocycles. The molecule has 0 fully saturated rings. The molecule has 1 aromatic carbocycles. The average molecular weight is 281 g/mol. The van der Waals surface area contributed by atoms with Crippen molar-refractivity contribution in [1.82, 2.24) is 15.0 Å². The molecule has 0 amide bonds. The lowest BCUT2D eigenvalue weighted by molar-refractivity contribution is 0.177. The van der Waals surface area contributed by atoms with E-state index in [2.05, 4.69) is 10.3 Å². The third-order valence-corrected chi connectivity index (χ3v) is 2.95. The molecule has 0 atom stereocenters. The van der Waals surface area contributed by atoms with Gasteiger partial charge < -0.3 is 4.74 Å². The van der Waals surface area contributed by atoms with Gasteiger partial charge >= 0.3 is 0 Å². The molecule has 0 aliphatic heterocycles.